The maximum Gasteiger partial charge on any atom is 0.188 e. The second-order valence-corrected chi connectivity index (χ2v) is 5.64. The van der Waals surface area contributed by atoms with Gasteiger partial charge in [-0.25, -0.2) is 9.97 Å². The number of nitrogen functional groups attached to an aromatic ring is 1. The smallest absolute Gasteiger partial charge is 0.188 e. The van der Waals surface area contributed by atoms with Crippen LogP contribution < -0.4 is 5.73 Å². The van der Waals surface area contributed by atoms with E-state index in [1.54, 1.807) is 11.8 Å². The fraction of sp³-hybridized carbons (Fsp3) is 0.267. The molecule has 2 aromatic rings. The summed E-state index contributed by atoms with van der Waals surface area (Å²) in [7, 11) is 0. The van der Waals surface area contributed by atoms with E-state index < -0.39 is 0 Å². The van der Waals surface area contributed by atoms with Crippen LogP contribution in [0.1, 0.15) is 28.1 Å². The van der Waals surface area contributed by atoms with Crippen molar-refractivity contribution in [2.75, 3.05) is 0 Å². The minimum absolute atomic E-state index is 0.0947. The van der Waals surface area contributed by atoms with Crippen molar-refractivity contribution in [3.05, 3.63) is 52.3 Å². The zero-order valence-electron chi connectivity index (χ0n) is 11.9. The molecule has 0 aliphatic rings. The molecule has 2 rings (SSSR count). The highest BCUT2D eigenvalue weighted by molar-refractivity contribution is 7.98. The summed E-state index contributed by atoms with van der Waals surface area (Å²) < 4.78 is 0. The quantitative estimate of drug-likeness (QED) is 0.392. The number of amidine groups is 1. The van der Waals surface area contributed by atoms with E-state index in [0.29, 0.717) is 0 Å². The number of nitrogens with zero attached hydrogens (tertiary/aromatic N) is 2. The predicted molar refractivity (Wildman–Crippen MR) is 83.3 cm³/mol. The monoisotopic (exact) mass is 286 g/mol. The molecule has 0 amide bonds. The number of nitrogens with one attached hydrogen (secondary N) is 1. The first-order chi connectivity index (χ1) is 9.47. The molecule has 0 bridgehead atoms. The number of rotatable bonds is 4. The van der Waals surface area contributed by atoms with E-state index >= 15 is 0 Å². The van der Waals surface area contributed by atoms with Crippen LogP contribution >= 0.6 is 11.8 Å². The van der Waals surface area contributed by atoms with Crippen LogP contribution in [-0.2, 0) is 5.75 Å². The van der Waals surface area contributed by atoms with Crippen LogP contribution in [0.4, 0.5) is 0 Å². The van der Waals surface area contributed by atoms with Gasteiger partial charge in [0.1, 0.15) is 5.84 Å². The van der Waals surface area contributed by atoms with Gasteiger partial charge in [-0.1, -0.05) is 36.0 Å². The van der Waals surface area contributed by atoms with Gasteiger partial charge in [0.2, 0.25) is 0 Å². The van der Waals surface area contributed by atoms with Crippen molar-refractivity contribution in [3.63, 3.8) is 0 Å². The third-order valence-electron chi connectivity index (χ3n) is 3.24. The Hall–Kier alpha value is -1.88. The summed E-state index contributed by atoms with van der Waals surface area (Å²) in [4.78, 5) is 8.98. The average Bonchev–Trinajstić information content (AvgIpc) is 2.42. The zero-order valence-corrected chi connectivity index (χ0v) is 12.7. The Kier molecular flexibility index (Phi) is 4.39. The minimum atomic E-state index is 0.0947. The van der Waals surface area contributed by atoms with Crippen molar-refractivity contribution in [1.82, 2.24) is 9.97 Å². The maximum atomic E-state index is 7.36. The van der Waals surface area contributed by atoms with E-state index in [9.17, 15) is 0 Å². The SMILES string of the molecule is Cc1nc(SCc2ccc(C(=N)N)cc2)nc(C)c1C. The fourth-order valence-corrected chi connectivity index (χ4v) is 2.63. The molecule has 5 heteroatoms. The van der Waals surface area contributed by atoms with Crippen LogP contribution in [0.5, 0.6) is 0 Å². The van der Waals surface area contributed by atoms with Gasteiger partial charge < -0.3 is 5.73 Å². The molecule has 0 atom stereocenters. The first-order valence-electron chi connectivity index (χ1n) is 6.35. The zero-order chi connectivity index (χ0) is 14.7. The van der Waals surface area contributed by atoms with Gasteiger partial charge in [-0.2, -0.15) is 0 Å². The number of thioether (sulfide) groups is 1. The molecule has 0 aliphatic heterocycles. The first-order valence-corrected chi connectivity index (χ1v) is 7.34. The molecule has 20 heavy (non-hydrogen) atoms. The maximum absolute atomic E-state index is 7.36. The lowest BCUT2D eigenvalue weighted by Gasteiger charge is -2.07. The molecule has 4 nitrogen and oxygen atoms in total. The molecule has 3 N–H and O–H groups in total. The molecule has 0 unspecified atom stereocenters. The Balaban J connectivity index is 2.07. The lowest BCUT2D eigenvalue weighted by molar-refractivity contribution is 0.880. The molecule has 0 saturated carbocycles. The summed E-state index contributed by atoms with van der Waals surface area (Å²) in [5.74, 6) is 0.900. The third-order valence-corrected chi connectivity index (χ3v) is 4.16. The van der Waals surface area contributed by atoms with Crippen molar-refractivity contribution in [1.29, 1.82) is 5.41 Å². The number of nitrogens with two attached hydrogens (primary N) is 1. The fourth-order valence-electron chi connectivity index (χ4n) is 1.73. The summed E-state index contributed by atoms with van der Waals surface area (Å²) in [5.41, 5.74) is 10.6. The van der Waals surface area contributed by atoms with E-state index in [1.165, 1.54) is 5.56 Å². The van der Waals surface area contributed by atoms with E-state index in [0.717, 1.165) is 33.4 Å². The Morgan fingerprint density at radius 3 is 2.15 bits per heavy atom. The third kappa shape index (κ3) is 3.36. The highest BCUT2D eigenvalue weighted by Crippen LogP contribution is 2.21. The topological polar surface area (TPSA) is 75.7 Å². The van der Waals surface area contributed by atoms with Gasteiger partial charge in [-0.05, 0) is 31.9 Å². The van der Waals surface area contributed by atoms with Crippen LogP contribution in [0.15, 0.2) is 29.4 Å². The minimum Gasteiger partial charge on any atom is -0.384 e. The Labute approximate surface area is 123 Å². The molecule has 104 valence electrons. The molecule has 1 aromatic heterocycles. The number of aryl methyl sites for hydroxylation is 2. The lowest BCUT2D eigenvalue weighted by atomic mass is 10.1. The van der Waals surface area contributed by atoms with Crippen molar-refractivity contribution < 1.29 is 0 Å². The van der Waals surface area contributed by atoms with Gasteiger partial charge in [0.25, 0.3) is 0 Å². The second kappa shape index (κ2) is 6.05. The summed E-state index contributed by atoms with van der Waals surface area (Å²) >= 11 is 1.62. The van der Waals surface area contributed by atoms with Crippen LogP contribution in [-0.4, -0.2) is 15.8 Å². The highest BCUT2D eigenvalue weighted by atomic mass is 32.2. The highest BCUT2D eigenvalue weighted by Gasteiger charge is 2.05. The Morgan fingerprint density at radius 1 is 1.10 bits per heavy atom. The lowest BCUT2D eigenvalue weighted by Crippen LogP contribution is -2.10. The number of benzene rings is 1. The van der Waals surface area contributed by atoms with E-state index in [1.807, 2.05) is 45.0 Å². The van der Waals surface area contributed by atoms with E-state index in [-0.39, 0.29) is 5.84 Å². The van der Waals surface area contributed by atoms with Crippen molar-refractivity contribution in [3.8, 4) is 0 Å². The molecule has 0 spiro atoms. The molecule has 1 aromatic carbocycles. The molecule has 0 aliphatic carbocycles. The van der Waals surface area contributed by atoms with Crippen LogP contribution in [0.3, 0.4) is 0 Å². The van der Waals surface area contributed by atoms with Crippen molar-refractivity contribution >= 4 is 17.6 Å². The average molecular weight is 286 g/mol. The largest absolute Gasteiger partial charge is 0.384 e. The molecular weight excluding hydrogens is 268 g/mol. The second-order valence-electron chi connectivity index (χ2n) is 4.70. The normalized spacial score (nSPS) is 10.6. The first kappa shape index (κ1) is 14.5. The Bertz CT molecular complexity index is 612. The van der Waals surface area contributed by atoms with Crippen molar-refractivity contribution in [2.45, 2.75) is 31.7 Å². The van der Waals surface area contributed by atoms with Gasteiger partial charge in [-0.3, -0.25) is 5.41 Å². The summed E-state index contributed by atoms with van der Waals surface area (Å²) in [6.07, 6.45) is 0. The number of aromatic nitrogens is 2. The van der Waals surface area contributed by atoms with Crippen molar-refractivity contribution in [2.24, 2.45) is 5.73 Å². The van der Waals surface area contributed by atoms with E-state index in [2.05, 4.69) is 9.97 Å². The van der Waals surface area contributed by atoms with Gasteiger partial charge in [0.15, 0.2) is 5.16 Å². The molecule has 0 saturated heterocycles. The predicted octanol–water partition coefficient (Wildman–Crippen LogP) is 2.98. The van der Waals surface area contributed by atoms with E-state index in [4.69, 9.17) is 11.1 Å². The van der Waals surface area contributed by atoms with Crippen LogP contribution in [0.2, 0.25) is 0 Å². The molecule has 0 radical (unpaired) electrons. The summed E-state index contributed by atoms with van der Waals surface area (Å²) in [6, 6.07) is 7.70. The summed E-state index contributed by atoms with van der Waals surface area (Å²) in [5, 5.41) is 8.17. The van der Waals surface area contributed by atoms with Crippen LogP contribution in [0, 0.1) is 26.2 Å². The van der Waals surface area contributed by atoms with Gasteiger partial charge >= 0.3 is 0 Å². The molecular formula is C15H18N4S. The standard InChI is InChI=1S/C15H18N4S/c1-9-10(2)18-15(19-11(9)3)20-8-12-4-6-13(7-5-12)14(16)17/h4-7H,8H2,1-3H3,(H3,16,17). The van der Waals surface area contributed by atoms with Gasteiger partial charge in [0, 0.05) is 22.7 Å². The van der Waals surface area contributed by atoms with Crippen LogP contribution in [0.25, 0.3) is 0 Å². The van der Waals surface area contributed by atoms with Gasteiger partial charge in [0.05, 0.1) is 0 Å². The molecule has 0 fully saturated rings. The summed E-state index contributed by atoms with van der Waals surface area (Å²) in [6.45, 7) is 6.06. The number of hydrogen-bond acceptors (Lipinski definition) is 4. The molecule has 1 heterocycles. The van der Waals surface area contributed by atoms with Gasteiger partial charge in [-0.15, -0.1) is 0 Å². The Morgan fingerprint density at radius 2 is 1.65 bits per heavy atom. The number of hydrogen-bond donors (Lipinski definition) is 2.